The van der Waals surface area contributed by atoms with Crippen molar-refractivity contribution in [2.24, 2.45) is 0 Å². The zero-order valence-corrected chi connectivity index (χ0v) is 20.2. The maximum atomic E-state index is 6.52. The molecule has 0 aliphatic rings. The van der Waals surface area contributed by atoms with E-state index < -0.39 is 16.6 Å². The lowest BCUT2D eigenvalue weighted by Gasteiger charge is -2.43. The molecule has 0 aromatic carbocycles. The summed E-state index contributed by atoms with van der Waals surface area (Å²) in [4.78, 5) is 0. The number of rotatable bonds is 9. The molecular formula is C19H43NO2Si2. The van der Waals surface area contributed by atoms with E-state index in [2.05, 4.69) is 79.6 Å². The van der Waals surface area contributed by atoms with Crippen LogP contribution in [-0.2, 0) is 8.85 Å². The van der Waals surface area contributed by atoms with Crippen LogP contribution in [0.2, 0.25) is 36.3 Å². The Morgan fingerprint density at radius 3 is 1.38 bits per heavy atom. The van der Waals surface area contributed by atoms with Gasteiger partial charge in [-0.3, -0.25) is 0 Å². The molecule has 3 nitrogen and oxygen atoms in total. The summed E-state index contributed by atoms with van der Waals surface area (Å²) in [5, 5.41) is 3.91. The summed E-state index contributed by atoms with van der Waals surface area (Å²) in [6, 6.07) is 0. The third kappa shape index (κ3) is 6.41. The Labute approximate surface area is 153 Å². The lowest BCUT2D eigenvalue weighted by molar-refractivity contribution is 0.108. The van der Waals surface area contributed by atoms with Gasteiger partial charge in [-0.25, -0.2) is 0 Å². The lowest BCUT2D eigenvalue weighted by atomic mass is 9.98. The van der Waals surface area contributed by atoms with Crippen LogP contribution < -0.4 is 5.32 Å². The van der Waals surface area contributed by atoms with Crippen LogP contribution >= 0.6 is 0 Å². The van der Waals surface area contributed by atoms with Gasteiger partial charge < -0.3 is 14.2 Å². The molecule has 0 aliphatic heterocycles. The van der Waals surface area contributed by atoms with Crippen LogP contribution in [-0.4, -0.2) is 42.4 Å². The Hall–Kier alpha value is 0.0538. The van der Waals surface area contributed by atoms with Gasteiger partial charge in [0.15, 0.2) is 16.6 Å². The van der Waals surface area contributed by atoms with Crippen molar-refractivity contribution in [3.05, 3.63) is 12.7 Å². The molecule has 0 spiro atoms. The molecule has 5 heteroatoms. The summed E-state index contributed by atoms with van der Waals surface area (Å²) in [5.41, 5.74) is -0.202. The van der Waals surface area contributed by atoms with E-state index in [1.54, 1.807) is 0 Å². The second kappa shape index (κ2) is 8.17. The number of hydrogen-bond acceptors (Lipinski definition) is 3. The summed E-state index contributed by atoms with van der Waals surface area (Å²) >= 11 is 0. The molecule has 0 saturated carbocycles. The summed E-state index contributed by atoms with van der Waals surface area (Å²) < 4.78 is 13.0. The van der Waals surface area contributed by atoms with E-state index in [0.717, 1.165) is 6.42 Å². The van der Waals surface area contributed by atoms with E-state index in [0.29, 0.717) is 13.2 Å². The highest BCUT2D eigenvalue weighted by molar-refractivity contribution is 6.74. The Kier molecular flexibility index (Phi) is 8.18. The summed E-state index contributed by atoms with van der Waals surface area (Å²) in [7, 11) is -1.57. The van der Waals surface area contributed by atoms with E-state index in [-0.39, 0.29) is 15.6 Å². The van der Waals surface area contributed by atoms with Crippen LogP contribution in [0.15, 0.2) is 12.7 Å². The van der Waals surface area contributed by atoms with Crippen LogP contribution in [0.4, 0.5) is 0 Å². The van der Waals surface area contributed by atoms with Crippen molar-refractivity contribution in [2.45, 2.75) is 89.8 Å². The van der Waals surface area contributed by atoms with Gasteiger partial charge in [-0.15, -0.1) is 6.58 Å². The van der Waals surface area contributed by atoms with Crippen molar-refractivity contribution >= 4 is 16.6 Å². The minimum absolute atomic E-state index is 0.202. The average molecular weight is 374 g/mol. The molecule has 24 heavy (non-hydrogen) atoms. The Morgan fingerprint density at radius 2 is 1.17 bits per heavy atom. The first-order valence-electron chi connectivity index (χ1n) is 9.11. The van der Waals surface area contributed by atoms with Crippen molar-refractivity contribution in [3.8, 4) is 0 Å². The molecule has 0 saturated heterocycles. The lowest BCUT2D eigenvalue weighted by Crippen LogP contribution is -2.57. The second-order valence-electron chi connectivity index (χ2n) is 10.1. The van der Waals surface area contributed by atoms with Crippen LogP contribution in [0.25, 0.3) is 0 Å². The number of likely N-dealkylation sites (N-methyl/N-ethyl adjacent to an activating group) is 1. The predicted octanol–water partition coefficient (Wildman–Crippen LogP) is 5.56. The standard InChI is InChI=1S/C19H43NO2Si2/c1-13-14-19(20-8,15-21-23(9,10)17(2,3)4)16-22-24(11,12)18(5,6)7/h13,20H,1,14-16H2,2-12H3. The van der Waals surface area contributed by atoms with Crippen LogP contribution in [0.5, 0.6) is 0 Å². The summed E-state index contributed by atoms with van der Waals surface area (Å²) in [6.07, 6.45) is 2.81. The second-order valence-corrected chi connectivity index (χ2v) is 19.7. The molecule has 0 aromatic heterocycles. The molecule has 0 aromatic rings. The fourth-order valence-electron chi connectivity index (χ4n) is 1.75. The molecule has 144 valence electrons. The van der Waals surface area contributed by atoms with Gasteiger partial charge in [-0.1, -0.05) is 47.6 Å². The van der Waals surface area contributed by atoms with E-state index in [1.807, 2.05) is 13.1 Å². The third-order valence-electron chi connectivity index (χ3n) is 6.10. The summed E-state index contributed by atoms with van der Waals surface area (Å²) in [5.74, 6) is 0. The quantitative estimate of drug-likeness (QED) is 0.423. The maximum Gasteiger partial charge on any atom is 0.192 e. The topological polar surface area (TPSA) is 30.5 Å². The van der Waals surface area contributed by atoms with Crippen LogP contribution in [0.3, 0.4) is 0 Å². The minimum atomic E-state index is -1.79. The molecule has 0 bridgehead atoms. The third-order valence-corrected chi connectivity index (χ3v) is 15.1. The molecule has 0 fully saturated rings. The van der Waals surface area contributed by atoms with Crippen molar-refractivity contribution < 1.29 is 8.85 Å². The molecule has 0 amide bonds. The van der Waals surface area contributed by atoms with E-state index in [9.17, 15) is 0 Å². The van der Waals surface area contributed by atoms with Gasteiger partial charge in [-0.2, -0.15) is 0 Å². The smallest absolute Gasteiger partial charge is 0.192 e. The molecule has 0 rings (SSSR count). The maximum absolute atomic E-state index is 6.52. The zero-order chi connectivity index (χ0) is 19.4. The van der Waals surface area contributed by atoms with Gasteiger partial charge in [0.1, 0.15) is 0 Å². The van der Waals surface area contributed by atoms with E-state index >= 15 is 0 Å². The Bertz CT molecular complexity index is 377. The average Bonchev–Trinajstić information content (AvgIpc) is 2.40. The van der Waals surface area contributed by atoms with Crippen molar-refractivity contribution in [1.82, 2.24) is 5.32 Å². The monoisotopic (exact) mass is 373 g/mol. The van der Waals surface area contributed by atoms with Gasteiger partial charge in [0.05, 0.1) is 18.8 Å². The number of nitrogens with one attached hydrogen (secondary N) is 1. The zero-order valence-electron chi connectivity index (χ0n) is 18.2. The highest BCUT2D eigenvalue weighted by Crippen LogP contribution is 2.39. The highest BCUT2D eigenvalue weighted by atomic mass is 28.4. The van der Waals surface area contributed by atoms with Crippen LogP contribution in [0, 0.1) is 0 Å². The molecule has 0 heterocycles. The molecular weight excluding hydrogens is 330 g/mol. The molecule has 0 atom stereocenters. The van der Waals surface area contributed by atoms with Gasteiger partial charge >= 0.3 is 0 Å². The first-order chi connectivity index (χ1) is 10.5. The Balaban J connectivity index is 5.20. The van der Waals surface area contributed by atoms with E-state index in [4.69, 9.17) is 8.85 Å². The minimum Gasteiger partial charge on any atom is -0.415 e. The van der Waals surface area contributed by atoms with Crippen LogP contribution in [0.1, 0.15) is 48.0 Å². The summed E-state index contributed by atoms with van der Waals surface area (Å²) in [6.45, 7) is 28.2. The number of hydrogen-bond donors (Lipinski definition) is 1. The van der Waals surface area contributed by atoms with Gasteiger partial charge in [-0.05, 0) is 49.7 Å². The van der Waals surface area contributed by atoms with E-state index in [1.165, 1.54) is 0 Å². The SMILES string of the molecule is C=CCC(CO[Si](C)(C)C(C)(C)C)(CO[Si](C)(C)C(C)(C)C)NC. The normalized spacial score (nSPS) is 14.8. The first-order valence-corrected chi connectivity index (χ1v) is 14.9. The highest BCUT2D eigenvalue weighted by Gasteiger charge is 2.42. The predicted molar refractivity (Wildman–Crippen MR) is 113 cm³/mol. The van der Waals surface area contributed by atoms with Crippen molar-refractivity contribution in [1.29, 1.82) is 0 Å². The fraction of sp³-hybridized carbons (Fsp3) is 0.895. The molecule has 0 unspecified atom stereocenters. The van der Waals surface area contributed by atoms with Gasteiger partial charge in [0, 0.05) is 0 Å². The van der Waals surface area contributed by atoms with Crippen molar-refractivity contribution in [2.75, 3.05) is 20.3 Å². The van der Waals surface area contributed by atoms with Gasteiger partial charge in [0.2, 0.25) is 0 Å². The largest absolute Gasteiger partial charge is 0.415 e. The van der Waals surface area contributed by atoms with Gasteiger partial charge in [0.25, 0.3) is 0 Å². The molecule has 0 aliphatic carbocycles. The molecule has 1 N–H and O–H groups in total. The molecule has 0 radical (unpaired) electrons. The fourth-order valence-corrected chi connectivity index (χ4v) is 3.89. The first kappa shape index (κ1) is 24.1. The Morgan fingerprint density at radius 1 is 0.833 bits per heavy atom. The van der Waals surface area contributed by atoms with Crippen molar-refractivity contribution in [3.63, 3.8) is 0 Å².